The van der Waals surface area contributed by atoms with E-state index in [1.54, 1.807) is 18.4 Å². The lowest BCUT2D eigenvalue weighted by Crippen LogP contribution is -1.79. The van der Waals surface area contributed by atoms with E-state index >= 15 is 0 Å². The molecule has 10 heavy (non-hydrogen) atoms. The number of methoxy groups -OCH3 is 1. The summed E-state index contributed by atoms with van der Waals surface area (Å²) in [6.45, 7) is 3.73. The van der Waals surface area contributed by atoms with E-state index < -0.39 is 0 Å². The summed E-state index contributed by atoms with van der Waals surface area (Å²) in [6, 6.07) is 1.98. The van der Waals surface area contributed by atoms with Crippen LogP contribution < -0.4 is 0 Å². The lowest BCUT2D eigenvalue weighted by Gasteiger charge is -1.99. The SMILES string of the molecule is C=C(OC)c1sccc1Br. The molecule has 0 aliphatic rings. The highest BCUT2D eigenvalue weighted by Gasteiger charge is 2.03. The first kappa shape index (κ1) is 7.82. The summed E-state index contributed by atoms with van der Waals surface area (Å²) in [4.78, 5) is 1.06. The van der Waals surface area contributed by atoms with E-state index in [1.165, 1.54) is 0 Å². The van der Waals surface area contributed by atoms with Crippen molar-refractivity contribution in [3.05, 3.63) is 27.4 Å². The van der Waals surface area contributed by atoms with Crippen LogP contribution in [0.1, 0.15) is 4.88 Å². The fourth-order valence-corrected chi connectivity index (χ4v) is 2.13. The van der Waals surface area contributed by atoms with Crippen molar-refractivity contribution in [3.63, 3.8) is 0 Å². The molecule has 1 aromatic heterocycles. The van der Waals surface area contributed by atoms with Gasteiger partial charge in [-0.25, -0.2) is 0 Å². The van der Waals surface area contributed by atoms with Gasteiger partial charge in [0.2, 0.25) is 0 Å². The largest absolute Gasteiger partial charge is 0.496 e. The molecule has 0 bridgehead atoms. The lowest BCUT2D eigenvalue weighted by molar-refractivity contribution is 0.372. The Morgan fingerprint density at radius 3 is 2.90 bits per heavy atom. The predicted molar refractivity (Wildman–Crippen MR) is 48.1 cm³/mol. The van der Waals surface area contributed by atoms with E-state index in [0.717, 1.165) is 9.35 Å². The molecule has 0 saturated heterocycles. The van der Waals surface area contributed by atoms with Gasteiger partial charge in [0.25, 0.3) is 0 Å². The number of hydrogen-bond acceptors (Lipinski definition) is 2. The summed E-state index contributed by atoms with van der Waals surface area (Å²) in [6.07, 6.45) is 0. The smallest absolute Gasteiger partial charge is 0.130 e. The Morgan fingerprint density at radius 1 is 1.80 bits per heavy atom. The zero-order valence-corrected chi connectivity index (χ0v) is 7.96. The maximum Gasteiger partial charge on any atom is 0.130 e. The molecule has 0 N–H and O–H groups in total. The highest BCUT2D eigenvalue weighted by molar-refractivity contribution is 9.10. The number of rotatable bonds is 2. The van der Waals surface area contributed by atoms with Crippen LogP contribution in [0.5, 0.6) is 0 Å². The number of hydrogen-bond donors (Lipinski definition) is 0. The van der Waals surface area contributed by atoms with Crippen LogP contribution in [0, 0.1) is 0 Å². The van der Waals surface area contributed by atoms with Gasteiger partial charge in [0.1, 0.15) is 5.76 Å². The highest BCUT2D eigenvalue weighted by Crippen LogP contribution is 2.28. The molecule has 1 heterocycles. The average Bonchev–Trinajstić information content (AvgIpc) is 2.34. The van der Waals surface area contributed by atoms with Crippen LogP contribution >= 0.6 is 27.3 Å². The van der Waals surface area contributed by atoms with E-state index in [9.17, 15) is 0 Å². The third-order valence-corrected chi connectivity index (χ3v) is 3.00. The van der Waals surface area contributed by atoms with E-state index in [4.69, 9.17) is 4.74 Å². The monoisotopic (exact) mass is 218 g/mol. The molecule has 1 nitrogen and oxygen atoms in total. The Morgan fingerprint density at radius 2 is 2.50 bits per heavy atom. The minimum Gasteiger partial charge on any atom is -0.496 e. The van der Waals surface area contributed by atoms with E-state index in [-0.39, 0.29) is 0 Å². The van der Waals surface area contributed by atoms with Gasteiger partial charge in [-0.2, -0.15) is 0 Å². The summed E-state index contributed by atoms with van der Waals surface area (Å²) in [7, 11) is 1.62. The molecule has 0 saturated carbocycles. The van der Waals surface area contributed by atoms with Gasteiger partial charge >= 0.3 is 0 Å². The zero-order chi connectivity index (χ0) is 7.56. The fraction of sp³-hybridized carbons (Fsp3) is 0.143. The Kier molecular flexibility index (Phi) is 2.51. The third kappa shape index (κ3) is 1.41. The minimum atomic E-state index is 0.710. The van der Waals surface area contributed by atoms with Crippen molar-refractivity contribution < 1.29 is 4.74 Å². The summed E-state index contributed by atoms with van der Waals surface area (Å²) in [5, 5.41) is 1.99. The van der Waals surface area contributed by atoms with Gasteiger partial charge in [0.05, 0.1) is 12.0 Å². The van der Waals surface area contributed by atoms with E-state index in [1.807, 2.05) is 11.4 Å². The fourth-order valence-electron chi connectivity index (χ4n) is 0.585. The van der Waals surface area contributed by atoms with E-state index in [0.29, 0.717) is 5.76 Å². The van der Waals surface area contributed by atoms with Crippen LogP contribution in [0.15, 0.2) is 22.5 Å². The van der Waals surface area contributed by atoms with Crippen molar-refractivity contribution in [3.8, 4) is 0 Å². The second-order valence-electron chi connectivity index (χ2n) is 1.72. The van der Waals surface area contributed by atoms with Crippen LogP contribution in [0.25, 0.3) is 5.76 Å². The van der Waals surface area contributed by atoms with Gasteiger partial charge in [-0.1, -0.05) is 6.58 Å². The summed E-state index contributed by atoms with van der Waals surface area (Å²) in [5.74, 6) is 0.710. The molecule has 3 heteroatoms. The maximum absolute atomic E-state index is 4.96. The van der Waals surface area contributed by atoms with Crippen LogP contribution in [0.3, 0.4) is 0 Å². The molecule has 0 radical (unpaired) electrons. The third-order valence-electron chi connectivity index (χ3n) is 1.12. The molecule has 0 atom stereocenters. The van der Waals surface area contributed by atoms with Crippen LogP contribution in [-0.2, 0) is 4.74 Å². The van der Waals surface area contributed by atoms with Crippen LogP contribution in [-0.4, -0.2) is 7.11 Å². The van der Waals surface area contributed by atoms with Gasteiger partial charge in [-0.3, -0.25) is 0 Å². The maximum atomic E-state index is 4.96. The number of halogens is 1. The van der Waals surface area contributed by atoms with Gasteiger partial charge in [-0.05, 0) is 27.4 Å². The van der Waals surface area contributed by atoms with Crippen molar-refractivity contribution in [2.75, 3.05) is 7.11 Å². The van der Waals surface area contributed by atoms with Gasteiger partial charge < -0.3 is 4.74 Å². The Bertz CT molecular complexity index is 242. The first-order valence-corrected chi connectivity index (χ1v) is 4.39. The number of ether oxygens (including phenoxy) is 1. The molecule has 0 aromatic carbocycles. The minimum absolute atomic E-state index is 0.710. The molecular formula is C7H7BrOS. The first-order chi connectivity index (χ1) is 4.75. The molecule has 1 aromatic rings. The number of thiophene rings is 1. The van der Waals surface area contributed by atoms with Crippen LogP contribution in [0.4, 0.5) is 0 Å². The van der Waals surface area contributed by atoms with Crippen molar-refractivity contribution in [1.82, 2.24) is 0 Å². The van der Waals surface area contributed by atoms with Crippen LogP contribution in [0.2, 0.25) is 0 Å². The second-order valence-corrected chi connectivity index (χ2v) is 3.50. The van der Waals surface area contributed by atoms with Crippen molar-refractivity contribution in [2.45, 2.75) is 0 Å². The van der Waals surface area contributed by atoms with E-state index in [2.05, 4.69) is 22.5 Å². The highest BCUT2D eigenvalue weighted by atomic mass is 79.9. The predicted octanol–water partition coefficient (Wildman–Crippen LogP) is 3.13. The molecule has 0 fully saturated rings. The Balaban J connectivity index is 2.93. The first-order valence-electron chi connectivity index (χ1n) is 2.72. The molecular weight excluding hydrogens is 212 g/mol. The quantitative estimate of drug-likeness (QED) is 0.694. The van der Waals surface area contributed by atoms with Gasteiger partial charge in [0, 0.05) is 4.47 Å². The molecule has 54 valence electrons. The standard InChI is InChI=1S/C7H7BrOS/c1-5(9-2)7-6(8)3-4-10-7/h3-4H,1H2,2H3. The summed E-state index contributed by atoms with van der Waals surface area (Å²) >= 11 is 4.99. The van der Waals surface area contributed by atoms with Gasteiger partial charge in [-0.15, -0.1) is 11.3 Å². The Labute approximate surface area is 72.5 Å². The molecule has 0 spiro atoms. The van der Waals surface area contributed by atoms with Crippen molar-refractivity contribution in [2.24, 2.45) is 0 Å². The Hall–Kier alpha value is -0.280. The normalized spacial score (nSPS) is 9.40. The molecule has 0 aliphatic carbocycles. The van der Waals surface area contributed by atoms with Gasteiger partial charge in [0.15, 0.2) is 0 Å². The second kappa shape index (κ2) is 3.21. The molecule has 0 unspecified atom stereocenters. The zero-order valence-electron chi connectivity index (χ0n) is 5.56. The average molecular weight is 219 g/mol. The summed E-state index contributed by atoms with van der Waals surface area (Å²) in [5.41, 5.74) is 0. The molecule has 1 rings (SSSR count). The summed E-state index contributed by atoms with van der Waals surface area (Å²) < 4.78 is 6.01. The molecule has 0 aliphatic heterocycles. The van der Waals surface area contributed by atoms with Crippen molar-refractivity contribution >= 4 is 33.0 Å². The molecule has 0 amide bonds. The lowest BCUT2D eigenvalue weighted by atomic mass is 10.4. The van der Waals surface area contributed by atoms with Crippen molar-refractivity contribution in [1.29, 1.82) is 0 Å². The topological polar surface area (TPSA) is 9.23 Å².